The van der Waals surface area contributed by atoms with Crippen molar-refractivity contribution in [2.24, 2.45) is 0 Å². The summed E-state index contributed by atoms with van der Waals surface area (Å²) in [6, 6.07) is 22.3. The van der Waals surface area contributed by atoms with Gasteiger partial charge in [-0.3, -0.25) is 0 Å². The van der Waals surface area contributed by atoms with Gasteiger partial charge in [-0.25, -0.2) is 8.42 Å². The first-order valence-electron chi connectivity index (χ1n) is 7.24. The molecule has 3 nitrogen and oxygen atoms in total. The number of nitrogens with zero attached hydrogens (tertiary/aromatic N) is 1. The third-order valence-electron chi connectivity index (χ3n) is 3.77. The summed E-state index contributed by atoms with van der Waals surface area (Å²) in [5.74, 6) is -0.159. The highest BCUT2D eigenvalue weighted by atomic mass is 32.2. The van der Waals surface area contributed by atoms with Crippen molar-refractivity contribution in [2.45, 2.75) is 11.5 Å². The van der Waals surface area contributed by atoms with E-state index in [1.165, 1.54) is 0 Å². The normalized spacial score (nSPS) is 11.3. The van der Waals surface area contributed by atoms with Crippen LogP contribution < -0.4 is 0 Å². The van der Waals surface area contributed by atoms with Crippen molar-refractivity contribution < 1.29 is 8.42 Å². The Bertz CT molecular complexity index is 996. The third-order valence-corrected chi connectivity index (χ3v) is 5.27. The second-order valence-electron chi connectivity index (χ2n) is 5.44. The Morgan fingerprint density at radius 3 is 2.22 bits per heavy atom. The van der Waals surface area contributed by atoms with Crippen molar-refractivity contribution in [2.75, 3.05) is 0 Å². The van der Waals surface area contributed by atoms with Gasteiger partial charge in [0.25, 0.3) is 0 Å². The summed E-state index contributed by atoms with van der Waals surface area (Å²) in [4.78, 5) is 0. The number of benzene rings is 3. The Hall–Kier alpha value is -2.64. The second kappa shape index (κ2) is 6.23. The average molecular weight is 321 g/mol. The second-order valence-corrected chi connectivity index (χ2v) is 7.50. The van der Waals surface area contributed by atoms with Gasteiger partial charge in [-0.2, -0.15) is 5.26 Å². The van der Waals surface area contributed by atoms with Crippen molar-refractivity contribution in [1.82, 2.24) is 0 Å². The number of sulfone groups is 1. The Kier molecular flexibility index (Phi) is 4.14. The van der Waals surface area contributed by atoms with Crippen LogP contribution in [0, 0.1) is 11.3 Å². The molecule has 0 saturated heterocycles. The van der Waals surface area contributed by atoms with E-state index < -0.39 is 9.84 Å². The lowest BCUT2D eigenvalue weighted by Crippen LogP contribution is -2.09. The number of fused-ring (bicyclic) bond motifs is 1. The Labute approximate surface area is 135 Å². The Morgan fingerprint density at radius 1 is 0.783 bits per heavy atom. The highest BCUT2D eigenvalue weighted by Crippen LogP contribution is 2.22. The SMILES string of the molecule is N#Cc1ccccc1CS(=O)(=O)Cc1cccc2ccccc12. The molecule has 0 aliphatic rings. The fraction of sp³-hybridized carbons (Fsp3) is 0.105. The Balaban J connectivity index is 1.93. The van der Waals surface area contributed by atoms with Crippen molar-refractivity contribution in [3.8, 4) is 6.07 Å². The Morgan fingerprint density at radius 2 is 1.39 bits per heavy atom. The molecule has 0 amide bonds. The summed E-state index contributed by atoms with van der Waals surface area (Å²) in [6.45, 7) is 0. The molecule has 0 N–H and O–H groups in total. The van der Waals surface area contributed by atoms with Crippen LogP contribution in [0.4, 0.5) is 0 Å². The molecule has 0 unspecified atom stereocenters. The molecule has 0 radical (unpaired) electrons. The first-order chi connectivity index (χ1) is 11.1. The van der Waals surface area contributed by atoms with Gasteiger partial charge in [0, 0.05) is 0 Å². The van der Waals surface area contributed by atoms with Gasteiger partial charge in [0.05, 0.1) is 23.1 Å². The van der Waals surface area contributed by atoms with Crippen molar-refractivity contribution in [3.63, 3.8) is 0 Å². The maximum atomic E-state index is 12.6. The molecule has 0 bridgehead atoms. The van der Waals surface area contributed by atoms with Gasteiger partial charge in [-0.05, 0) is 28.0 Å². The molecule has 114 valence electrons. The van der Waals surface area contributed by atoms with Gasteiger partial charge in [0.1, 0.15) is 0 Å². The summed E-state index contributed by atoms with van der Waals surface area (Å²) in [5.41, 5.74) is 1.75. The van der Waals surface area contributed by atoms with Gasteiger partial charge >= 0.3 is 0 Å². The quantitative estimate of drug-likeness (QED) is 0.734. The van der Waals surface area contributed by atoms with Crippen molar-refractivity contribution in [1.29, 1.82) is 5.26 Å². The molecule has 0 aliphatic heterocycles. The number of hydrogen-bond acceptors (Lipinski definition) is 3. The summed E-state index contributed by atoms with van der Waals surface area (Å²) >= 11 is 0. The molecular weight excluding hydrogens is 306 g/mol. The predicted octanol–water partition coefficient (Wildman–Crippen LogP) is 3.83. The fourth-order valence-electron chi connectivity index (χ4n) is 2.70. The van der Waals surface area contributed by atoms with Crippen LogP contribution in [0.3, 0.4) is 0 Å². The minimum absolute atomic E-state index is 0.0336. The van der Waals surface area contributed by atoms with Crippen LogP contribution in [0.1, 0.15) is 16.7 Å². The van der Waals surface area contributed by atoms with Gasteiger partial charge in [-0.15, -0.1) is 0 Å². The maximum absolute atomic E-state index is 12.6. The van der Waals surface area contributed by atoms with E-state index in [0.29, 0.717) is 11.1 Å². The molecule has 3 rings (SSSR count). The minimum Gasteiger partial charge on any atom is -0.228 e. The minimum atomic E-state index is -3.36. The molecule has 0 fully saturated rings. The average Bonchev–Trinajstić information content (AvgIpc) is 2.55. The lowest BCUT2D eigenvalue weighted by atomic mass is 10.1. The van der Waals surface area contributed by atoms with E-state index in [1.807, 2.05) is 48.5 Å². The number of rotatable bonds is 4. The molecule has 0 atom stereocenters. The first kappa shape index (κ1) is 15.3. The largest absolute Gasteiger partial charge is 0.228 e. The molecule has 4 heteroatoms. The monoisotopic (exact) mass is 321 g/mol. The standard InChI is InChI=1S/C19H15NO2S/c20-12-16-7-1-2-8-17(16)13-23(21,22)14-18-10-5-9-15-6-3-4-11-19(15)18/h1-11H,13-14H2. The molecule has 3 aromatic carbocycles. The van der Waals surface area contributed by atoms with E-state index >= 15 is 0 Å². The van der Waals surface area contributed by atoms with Crippen LogP contribution in [0.2, 0.25) is 0 Å². The van der Waals surface area contributed by atoms with Crippen LogP contribution >= 0.6 is 0 Å². The number of nitriles is 1. The molecule has 0 aromatic heterocycles. The van der Waals surface area contributed by atoms with E-state index in [2.05, 4.69) is 0 Å². The lowest BCUT2D eigenvalue weighted by Gasteiger charge is -2.09. The molecule has 0 aliphatic carbocycles. The lowest BCUT2D eigenvalue weighted by molar-refractivity contribution is 0.594. The van der Waals surface area contributed by atoms with Crippen LogP contribution in [-0.2, 0) is 21.3 Å². The zero-order valence-electron chi connectivity index (χ0n) is 12.4. The molecule has 0 saturated carbocycles. The molecule has 0 heterocycles. The highest BCUT2D eigenvalue weighted by molar-refractivity contribution is 7.89. The molecular formula is C19H15NO2S. The predicted molar refractivity (Wildman–Crippen MR) is 91.4 cm³/mol. The maximum Gasteiger partial charge on any atom is 0.158 e. The van der Waals surface area contributed by atoms with Crippen LogP contribution in [0.15, 0.2) is 66.7 Å². The third kappa shape index (κ3) is 3.41. The van der Waals surface area contributed by atoms with Crippen LogP contribution in [0.5, 0.6) is 0 Å². The van der Waals surface area contributed by atoms with E-state index in [-0.39, 0.29) is 11.5 Å². The highest BCUT2D eigenvalue weighted by Gasteiger charge is 2.16. The topological polar surface area (TPSA) is 57.9 Å². The first-order valence-corrected chi connectivity index (χ1v) is 9.06. The van der Waals surface area contributed by atoms with Crippen LogP contribution in [0.25, 0.3) is 10.8 Å². The summed E-state index contributed by atoms with van der Waals surface area (Å²) < 4.78 is 25.1. The van der Waals surface area contributed by atoms with Gasteiger partial charge < -0.3 is 0 Å². The van der Waals surface area contributed by atoms with E-state index in [0.717, 1.165) is 16.3 Å². The smallest absolute Gasteiger partial charge is 0.158 e. The zero-order valence-corrected chi connectivity index (χ0v) is 13.3. The molecule has 23 heavy (non-hydrogen) atoms. The van der Waals surface area contributed by atoms with E-state index in [4.69, 9.17) is 5.26 Å². The van der Waals surface area contributed by atoms with E-state index in [9.17, 15) is 8.42 Å². The fourth-order valence-corrected chi connectivity index (χ4v) is 4.25. The van der Waals surface area contributed by atoms with Crippen molar-refractivity contribution in [3.05, 3.63) is 83.4 Å². The molecule has 3 aromatic rings. The van der Waals surface area contributed by atoms with Crippen molar-refractivity contribution >= 4 is 20.6 Å². The van der Waals surface area contributed by atoms with Crippen LogP contribution in [-0.4, -0.2) is 8.42 Å². The van der Waals surface area contributed by atoms with E-state index in [1.54, 1.807) is 24.3 Å². The summed E-state index contributed by atoms with van der Waals surface area (Å²) in [5, 5.41) is 11.1. The van der Waals surface area contributed by atoms with Gasteiger partial charge in [0.2, 0.25) is 0 Å². The summed E-state index contributed by atoms with van der Waals surface area (Å²) in [6.07, 6.45) is 0. The zero-order chi connectivity index (χ0) is 16.3. The van der Waals surface area contributed by atoms with Gasteiger partial charge in [-0.1, -0.05) is 60.7 Å². The van der Waals surface area contributed by atoms with Gasteiger partial charge in [0.15, 0.2) is 9.84 Å². The summed E-state index contributed by atoms with van der Waals surface area (Å²) in [7, 11) is -3.36. The number of hydrogen-bond donors (Lipinski definition) is 0. The molecule has 0 spiro atoms.